The summed E-state index contributed by atoms with van der Waals surface area (Å²) in [6.45, 7) is 1.84. The van der Waals surface area contributed by atoms with Crippen LogP contribution in [-0.4, -0.2) is 9.91 Å². The quantitative estimate of drug-likeness (QED) is 0.451. The van der Waals surface area contributed by atoms with Crippen molar-refractivity contribution in [2.24, 2.45) is 0 Å². The second-order valence-electron chi connectivity index (χ2n) is 5.45. The van der Waals surface area contributed by atoms with Gasteiger partial charge in [0.15, 0.2) is 0 Å². The van der Waals surface area contributed by atoms with Gasteiger partial charge in [0, 0.05) is 29.6 Å². The van der Waals surface area contributed by atoms with Crippen molar-refractivity contribution in [2.45, 2.75) is 6.92 Å². The molecule has 25 heavy (non-hydrogen) atoms. The molecule has 2 aromatic rings. The van der Waals surface area contributed by atoms with Crippen LogP contribution in [0.3, 0.4) is 0 Å². The number of hydrogen-bond acceptors (Lipinski definition) is 3. The summed E-state index contributed by atoms with van der Waals surface area (Å²) in [4.78, 5) is 14.9. The summed E-state index contributed by atoms with van der Waals surface area (Å²) in [5, 5.41) is 11.7. The number of hydrogen-bond donors (Lipinski definition) is 0. The molecule has 4 rings (SSSR count). The summed E-state index contributed by atoms with van der Waals surface area (Å²) in [6.07, 6.45) is 19.7. The van der Waals surface area contributed by atoms with Crippen molar-refractivity contribution >= 4 is 16.6 Å². The smallest absolute Gasteiger partial charge is 0.258 e. The average Bonchev–Trinajstić information content (AvgIpc) is 3.30. The zero-order valence-corrected chi connectivity index (χ0v) is 14.7. The Morgan fingerprint density at radius 3 is 2.08 bits per heavy atom. The Balaban J connectivity index is 0.000000325. The Hall–Kier alpha value is -1.45. The molecule has 10 radical (unpaired) electrons. The number of nitro benzene ring substituents is 1. The van der Waals surface area contributed by atoms with Crippen LogP contribution in [0.15, 0.2) is 24.4 Å². The van der Waals surface area contributed by atoms with Gasteiger partial charge in [0.05, 0.1) is 10.4 Å². The van der Waals surface area contributed by atoms with E-state index in [1.165, 1.54) is 0 Å². The number of aromatic nitrogens is 1. The number of benzene rings is 1. The Labute approximate surface area is 160 Å². The van der Waals surface area contributed by atoms with Crippen LogP contribution in [0, 0.1) is 80.7 Å². The van der Waals surface area contributed by atoms with Gasteiger partial charge >= 0.3 is 17.1 Å². The second kappa shape index (κ2) is 9.30. The Kier molecular flexibility index (Phi) is 7.39. The molecular formula is C20H16FeN2O2+2. The molecule has 0 atom stereocenters. The van der Waals surface area contributed by atoms with Gasteiger partial charge < -0.3 is 0 Å². The number of aryl methyl sites for hydroxylation is 1. The van der Waals surface area contributed by atoms with E-state index in [1.54, 1.807) is 18.3 Å². The molecule has 2 fully saturated rings. The number of rotatable bonds is 2. The number of non-ortho nitro benzene ring substituents is 1. The first-order valence-corrected chi connectivity index (χ1v) is 7.59. The van der Waals surface area contributed by atoms with Gasteiger partial charge in [0.2, 0.25) is 0 Å². The van der Waals surface area contributed by atoms with E-state index < -0.39 is 0 Å². The average molecular weight is 372 g/mol. The first-order valence-electron chi connectivity index (χ1n) is 7.59. The first-order chi connectivity index (χ1) is 11.6. The van der Waals surface area contributed by atoms with E-state index in [4.69, 9.17) is 0 Å². The molecule has 124 valence electrons. The molecule has 0 amide bonds. The van der Waals surface area contributed by atoms with Crippen molar-refractivity contribution in [1.29, 1.82) is 0 Å². The minimum Gasteiger partial charge on any atom is -0.258 e. The van der Waals surface area contributed by atoms with Crippen molar-refractivity contribution in [3.8, 4) is 0 Å². The van der Waals surface area contributed by atoms with Crippen LogP contribution >= 0.6 is 0 Å². The topological polar surface area (TPSA) is 56.0 Å². The fourth-order valence-electron chi connectivity index (χ4n) is 2.56. The van der Waals surface area contributed by atoms with E-state index in [1.807, 2.05) is 70.8 Å². The summed E-state index contributed by atoms with van der Waals surface area (Å²) in [5.41, 5.74) is 2.70. The first kappa shape index (κ1) is 19.9. The maximum absolute atomic E-state index is 10.9. The summed E-state index contributed by atoms with van der Waals surface area (Å²) in [6, 6.07) is 5.07. The van der Waals surface area contributed by atoms with E-state index >= 15 is 0 Å². The molecule has 2 aliphatic rings. The molecule has 0 saturated heterocycles. The molecule has 4 nitrogen and oxygen atoms in total. The van der Waals surface area contributed by atoms with E-state index in [9.17, 15) is 10.1 Å². The van der Waals surface area contributed by atoms with Gasteiger partial charge in [-0.2, -0.15) is 0 Å². The maximum Gasteiger partial charge on any atom is 2.00 e. The van der Waals surface area contributed by atoms with Crippen molar-refractivity contribution in [2.75, 3.05) is 0 Å². The largest absolute Gasteiger partial charge is 2.00 e. The summed E-state index contributed by atoms with van der Waals surface area (Å²) in [5.74, 6) is 1.07. The van der Waals surface area contributed by atoms with Crippen LogP contribution in [0.25, 0.3) is 10.9 Å². The Morgan fingerprint density at radius 1 is 0.920 bits per heavy atom. The normalized spacial score (nSPS) is 17.0. The molecule has 1 aromatic carbocycles. The molecule has 0 N–H and O–H groups in total. The number of nitro groups is 1. The van der Waals surface area contributed by atoms with Gasteiger partial charge in [-0.15, -0.1) is 0 Å². The third kappa shape index (κ3) is 5.02. The van der Waals surface area contributed by atoms with Crippen molar-refractivity contribution in [3.05, 3.63) is 109 Å². The van der Waals surface area contributed by atoms with Gasteiger partial charge in [-0.25, -0.2) is 0 Å². The van der Waals surface area contributed by atoms with Gasteiger partial charge in [-0.3, -0.25) is 15.1 Å². The van der Waals surface area contributed by atoms with Crippen LogP contribution in [0.4, 0.5) is 5.69 Å². The third-order valence-electron chi connectivity index (χ3n) is 3.72. The molecule has 0 aliphatic heterocycles. The standard InChI is InChI=1S/C15H11N2O2.C5H5.Fe/c1-10-6-14(17(18)19)8-12-7-13(9-16-15(10)12)11-4-2-3-5-11;1-2-4-5-3-1;/h2-9H,1H3;1-5H;/q;;+2. The molecule has 0 unspecified atom stereocenters. The van der Waals surface area contributed by atoms with Gasteiger partial charge in [0.25, 0.3) is 5.69 Å². The molecule has 2 saturated carbocycles. The van der Waals surface area contributed by atoms with Gasteiger partial charge in [-0.05, 0) is 81.9 Å². The fraction of sp³-hybridized carbons (Fsp3) is 0.0500. The Bertz CT molecular complexity index is 715. The van der Waals surface area contributed by atoms with E-state index in [0.717, 1.165) is 27.9 Å². The summed E-state index contributed by atoms with van der Waals surface area (Å²) < 4.78 is 0. The van der Waals surface area contributed by atoms with Gasteiger partial charge in [0.1, 0.15) is 0 Å². The summed E-state index contributed by atoms with van der Waals surface area (Å²) >= 11 is 0. The molecule has 5 heteroatoms. The van der Waals surface area contributed by atoms with E-state index in [0.29, 0.717) is 0 Å². The molecule has 2 aliphatic carbocycles. The van der Waals surface area contributed by atoms with Crippen LogP contribution in [-0.2, 0) is 17.1 Å². The third-order valence-corrected chi connectivity index (χ3v) is 3.72. The number of pyridine rings is 1. The van der Waals surface area contributed by atoms with E-state index in [2.05, 4.69) is 4.98 Å². The van der Waals surface area contributed by atoms with Crippen molar-refractivity contribution < 1.29 is 22.0 Å². The van der Waals surface area contributed by atoms with Crippen LogP contribution < -0.4 is 0 Å². The zero-order chi connectivity index (χ0) is 16.9. The Morgan fingerprint density at radius 2 is 1.52 bits per heavy atom. The zero-order valence-electron chi connectivity index (χ0n) is 13.6. The van der Waals surface area contributed by atoms with E-state index in [-0.39, 0.29) is 27.7 Å². The molecule has 1 aromatic heterocycles. The minimum atomic E-state index is -0.373. The van der Waals surface area contributed by atoms with Crippen molar-refractivity contribution in [1.82, 2.24) is 4.98 Å². The molecule has 1 heterocycles. The molecule has 0 bridgehead atoms. The fourth-order valence-corrected chi connectivity index (χ4v) is 2.56. The predicted octanol–water partition coefficient (Wildman–Crippen LogP) is 4.22. The maximum atomic E-state index is 10.9. The number of nitrogens with zero attached hydrogens (tertiary/aromatic N) is 2. The molecule has 0 spiro atoms. The van der Waals surface area contributed by atoms with Gasteiger partial charge in [-0.1, -0.05) is 0 Å². The minimum absolute atomic E-state index is 0. The van der Waals surface area contributed by atoms with Crippen LogP contribution in [0.2, 0.25) is 0 Å². The predicted molar refractivity (Wildman–Crippen MR) is 94.2 cm³/mol. The summed E-state index contributed by atoms with van der Waals surface area (Å²) in [7, 11) is 0. The monoisotopic (exact) mass is 372 g/mol. The SMILES string of the molecule is Cc1cc([N+](=O)[O-])cc2cc([C]3[CH][CH][CH][CH]3)cnc12.[CH]1[CH][CH][CH][CH]1.[Fe+2]. The number of fused-ring (bicyclic) bond motifs is 1. The second-order valence-corrected chi connectivity index (χ2v) is 5.45. The van der Waals surface area contributed by atoms with Crippen molar-refractivity contribution in [3.63, 3.8) is 0 Å². The van der Waals surface area contributed by atoms with Crippen LogP contribution in [0.5, 0.6) is 0 Å². The molecular weight excluding hydrogens is 356 g/mol. The van der Waals surface area contributed by atoms with Crippen LogP contribution in [0.1, 0.15) is 11.1 Å².